The second-order valence-electron chi connectivity index (χ2n) is 3.52. The van der Waals surface area contributed by atoms with Crippen LogP contribution >= 0.6 is 0 Å². The summed E-state index contributed by atoms with van der Waals surface area (Å²) >= 11 is 0. The summed E-state index contributed by atoms with van der Waals surface area (Å²) in [4.78, 5) is 0. The largest absolute Gasteiger partial charge is 0.394 e. The fourth-order valence-corrected chi connectivity index (χ4v) is 1.26. The zero-order valence-electron chi connectivity index (χ0n) is 7.49. The molecular weight excluding hydrogens is 160 g/mol. The quantitative estimate of drug-likeness (QED) is 0.629. The molecule has 2 atom stereocenters. The molecule has 1 heterocycles. The van der Waals surface area contributed by atoms with Gasteiger partial charge in [-0.1, -0.05) is 0 Å². The Morgan fingerprint density at radius 2 is 2.25 bits per heavy atom. The molecule has 1 saturated heterocycles. The summed E-state index contributed by atoms with van der Waals surface area (Å²) in [5, 5.41) is 17.7. The molecule has 1 rings (SSSR count). The van der Waals surface area contributed by atoms with Crippen LogP contribution < -0.4 is 0 Å². The fraction of sp³-hybridized carbons (Fsp3) is 1.00. The normalized spacial score (nSPS) is 30.5. The highest BCUT2D eigenvalue weighted by Crippen LogP contribution is 2.24. The van der Waals surface area contributed by atoms with Gasteiger partial charge in [0.15, 0.2) is 5.79 Å². The third-order valence-corrected chi connectivity index (χ3v) is 1.81. The first-order valence-corrected chi connectivity index (χ1v) is 4.14. The smallest absolute Gasteiger partial charge is 0.163 e. The van der Waals surface area contributed by atoms with Gasteiger partial charge in [0, 0.05) is 6.42 Å². The Bertz CT molecular complexity index is 146. The Hall–Kier alpha value is -0.160. The zero-order valence-corrected chi connectivity index (χ0v) is 7.49. The molecule has 0 amide bonds. The average molecular weight is 176 g/mol. The van der Waals surface area contributed by atoms with E-state index in [1.165, 1.54) is 0 Å². The molecule has 0 radical (unpaired) electrons. The van der Waals surface area contributed by atoms with Gasteiger partial charge in [-0.25, -0.2) is 0 Å². The minimum absolute atomic E-state index is 0.0952. The van der Waals surface area contributed by atoms with Crippen molar-refractivity contribution < 1.29 is 19.7 Å². The van der Waals surface area contributed by atoms with Crippen LogP contribution in [0.1, 0.15) is 20.3 Å². The molecule has 0 aromatic heterocycles. The molecule has 1 aliphatic heterocycles. The van der Waals surface area contributed by atoms with E-state index in [4.69, 9.17) is 19.7 Å². The number of hydrogen-bond acceptors (Lipinski definition) is 4. The Labute approximate surface area is 72.1 Å². The van der Waals surface area contributed by atoms with E-state index < -0.39 is 11.9 Å². The van der Waals surface area contributed by atoms with Gasteiger partial charge in [0.1, 0.15) is 0 Å². The van der Waals surface area contributed by atoms with Crippen LogP contribution in [0.5, 0.6) is 0 Å². The maximum atomic E-state index is 9.10. The van der Waals surface area contributed by atoms with Crippen molar-refractivity contribution in [2.45, 2.75) is 38.3 Å². The maximum Gasteiger partial charge on any atom is 0.163 e. The Morgan fingerprint density at radius 1 is 1.58 bits per heavy atom. The van der Waals surface area contributed by atoms with E-state index in [1.54, 1.807) is 0 Å². The molecule has 4 nitrogen and oxygen atoms in total. The van der Waals surface area contributed by atoms with Crippen LogP contribution in [-0.2, 0) is 9.47 Å². The van der Waals surface area contributed by atoms with Crippen molar-refractivity contribution in [3.8, 4) is 0 Å². The summed E-state index contributed by atoms with van der Waals surface area (Å²) in [7, 11) is 0. The summed E-state index contributed by atoms with van der Waals surface area (Å²) in [5.74, 6) is -0.542. The van der Waals surface area contributed by atoms with Gasteiger partial charge in [0.25, 0.3) is 0 Å². The van der Waals surface area contributed by atoms with Crippen LogP contribution in [0, 0.1) is 0 Å². The SMILES string of the molecule is CC1(C)OC[C@H](C[C@H](O)CO)O1. The number of aliphatic hydroxyl groups is 2. The van der Waals surface area contributed by atoms with Crippen LogP contribution in [0.4, 0.5) is 0 Å². The minimum Gasteiger partial charge on any atom is -0.394 e. The van der Waals surface area contributed by atoms with Gasteiger partial charge in [-0.05, 0) is 13.8 Å². The fourth-order valence-electron chi connectivity index (χ4n) is 1.26. The lowest BCUT2D eigenvalue weighted by Gasteiger charge is -2.17. The zero-order chi connectivity index (χ0) is 9.19. The van der Waals surface area contributed by atoms with Crippen molar-refractivity contribution in [3.05, 3.63) is 0 Å². The number of rotatable bonds is 3. The van der Waals surface area contributed by atoms with Crippen molar-refractivity contribution in [1.82, 2.24) is 0 Å². The van der Waals surface area contributed by atoms with Crippen molar-refractivity contribution >= 4 is 0 Å². The van der Waals surface area contributed by atoms with Crippen molar-refractivity contribution in [2.24, 2.45) is 0 Å². The van der Waals surface area contributed by atoms with E-state index in [-0.39, 0.29) is 12.7 Å². The minimum atomic E-state index is -0.701. The maximum absolute atomic E-state index is 9.10. The average Bonchev–Trinajstić information content (AvgIpc) is 2.30. The predicted octanol–water partition coefficient (Wildman–Crippen LogP) is -0.119. The lowest BCUT2D eigenvalue weighted by molar-refractivity contribution is -0.142. The van der Waals surface area contributed by atoms with Crippen LogP contribution in [0.3, 0.4) is 0 Å². The second kappa shape index (κ2) is 3.70. The molecule has 12 heavy (non-hydrogen) atoms. The Kier molecular flexibility index (Phi) is 3.06. The standard InChI is InChI=1S/C8H16O4/c1-8(2)11-5-7(12-8)3-6(10)4-9/h6-7,9-10H,3-5H2,1-2H3/t6-,7-/m0/s1. The lowest BCUT2D eigenvalue weighted by Crippen LogP contribution is -2.25. The van der Waals surface area contributed by atoms with Gasteiger partial charge in [0.05, 0.1) is 25.4 Å². The predicted molar refractivity (Wildman–Crippen MR) is 42.6 cm³/mol. The van der Waals surface area contributed by atoms with Crippen LogP contribution in [-0.4, -0.2) is 41.4 Å². The van der Waals surface area contributed by atoms with Gasteiger partial charge >= 0.3 is 0 Å². The number of hydrogen-bond donors (Lipinski definition) is 2. The molecule has 0 aromatic carbocycles. The monoisotopic (exact) mass is 176 g/mol. The lowest BCUT2D eigenvalue weighted by atomic mass is 10.2. The molecule has 0 aromatic rings. The Morgan fingerprint density at radius 3 is 2.67 bits per heavy atom. The first kappa shape index (κ1) is 9.92. The summed E-state index contributed by atoms with van der Waals surface area (Å²) in [6, 6.07) is 0. The van der Waals surface area contributed by atoms with Gasteiger partial charge in [-0.3, -0.25) is 0 Å². The Balaban J connectivity index is 2.28. The van der Waals surface area contributed by atoms with E-state index in [2.05, 4.69) is 0 Å². The molecule has 72 valence electrons. The van der Waals surface area contributed by atoms with Crippen LogP contribution in [0.2, 0.25) is 0 Å². The van der Waals surface area contributed by atoms with E-state index >= 15 is 0 Å². The molecular formula is C8H16O4. The molecule has 1 fully saturated rings. The molecule has 1 aliphatic rings. The highest BCUT2D eigenvalue weighted by atomic mass is 16.7. The van der Waals surface area contributed by atoms with E-state index in [0.29, 0.717) is 13.0 Å². The van der Waals surface area contributed by atoms with Crippen molar-refractivity contribution in [2.75, 3.05) is 13.2 Å². The molecule has 0 bridgehead atoms. The third kappa shape index (κ3) is 2.71. The molecule has 4 heteroatoms. The van der Waals surface area contributed by atoms with Gasteiger partial charge in [-0.2, -0.15) is 0 Å². The number of ether oxygens (including phenoxy) is 2. The highest BCUT2D eigenvalue weighted by molar-refractivity contribution is 4.73. The van der Waals surface area contributed by atoms with Crippen LogP contribution in [0.15, 0.2) is 0 Å². The third-order valence-electron chi connectivity index (χ3n) is 1.81. The summed E-state index contributed by atoms with van der Waals surface area (Å²) in [6.07, 6.45) is -0.366. The molecule has 0 spiro atoms. The van der Waals surface area contributed by atoms with Gasteiger partial charge in [-0.15, -0.1) is 0 Å². The molecule has 0 aliphatic carbocycles. The first-order chi connectivity index (χ1) is 5.53. The topological polar surface area (TPSA) is 58.9 Å². The van der Waals surface area contributed by atoms with E-state index in [1.807, 2.05) is 13.8 Å². The van der Waals surface area contributed by atoms with Crippen LogP contribution in [0.25, 0.3) is 0 Å². The summed E-state index contributed by atoms with van der Waals surface area (Å²) in [6.45, 7) is 3.93. The number of aliphatic hydroxyl groups excluding tert-OH is 2. The summed E-state index contributed by atoms with van der Waals surface area (Å²) in [5.41, 5.74) is 0. The molecule has 0 saturated carbocycles. The second-order valence-corrected chi connectivity index (χ2v) is 3.52. The van der Waals surface area contributed by atoms with E-state index in [9.17, 15) is 0 Å². The van der Waals surface area contributed by atoms with Crippen molar-refractivity contribution in [3.63, 3.8) is 0 Å². The first-order valence-electron chi connectivity index (χ1n) is 4.14. The highest BCUT2D eigenvalue weighted by Gasteiger charge is 2.33. The van der Waals surface area contributed by atoms with Gasteiger partial charge < -0.3 is 19.7 Å². The molecule has 2 N–H and O–H groups in total. The van der Waals surface area contributed by atoms with E-state index in [0.717, 1.165) is 0 Å². The molecule has 0 unspecified atom stereocenters. The van der Waals surface area contributed by atoms with Gasteiger partial charge in [0.2, 0.25) is 0 Å². The van der Waals surface area contributed by atoms with Crippen molar-refractivity contribution in [1.29, 1.82) is 0 Å². The summed E-state index contributed by atoms with van der Waals surface area (Å²) < 4.78 is 10.7.